The van der Waals surface area contributed by atoms with E-state index in [1.807, 2.05) is 0 Å². The maximum absolute atomic E-state index is 2.78. The Balaban J connectivity index is 1.87. The highest BCUT2D eigenvalue weighted by Crippen LogP contribution is 2.65. The van der Waals surface area contributed by atoms with E-state index < -0.39 is 0 Å². The molecule has 0 spiro atoms. The molecule has 2 saturated carbocycles. The third kappa shape index (κ3) is 0.344. The van der Waals surface area contributed by atoms with Crippen molar-refractivity contribution in [2.45, 2.75) is 18.5 Å². The van der Waals surface area contributed by atoms with Crippen molar-refractivity contribution < 1.29 is 0 Å². The lowest BCUT2D eigenvalue weighted by Crippen LogP contribution is -2.33. The molecule has 0 amide bonds. The second-order valence-corrected chi connectivity index (χ2v) is 5.56. The van der Waals surface area contributed by atoms with Crippen LogP contribution in [0.15, 0.2) is 0 Å². The Hall–Kier alpha value is -0.0800. The number of nitrogens with zero attached hydrogens (tertiary/aromatic N) is 2. The zero-order chi connectivity index (χ0) is 7.45. The highest BCUT2D eigenvalue weighted by molar-refractivity contribution is 5.23. The molecule has 6 unspecified atom stereocenters. The van der Waals surface area contributed by atoms with E-state index in [4.69, 9.17) is 0 Å². The maximum Gasteiger partial charge on any atom is 0.0513 e. The van der Waals surface area contributed by atoms with Crippen molar-refractivity contribution in [3.05, 3.63) is 0 Å². The van der Waals surface area contributed by atoms with Crippen LogP contribution in [0.4, 0.5) is 0 Å². The second-order valence-electron chi connectivity index (χ2n) is 5.56. The Bertz CT molecular complexity index is 247. The molecule has 0 N–H and O–H groups in total. The van der Waals surface area contributed by atoms with Gasteiger partial charge in [-0.3, -0.25) is 9.80 Å². The molecule has 6 atom stereocenters. The molecule has 0 aromatic rings. The molecule has 5 aliphatic rings. The van der Waals surface area contributed by atoms with Crippen LogP contribution < -0.4 is 0 Å². The van der Waals surface area contributed by atoms with E-state index in [9.17, 15) is 0 Å². The number of hydrogen-bond acceptors (Lipinski definition) is 2. The average molecular weight is 162 g/mol. The van der Waals surface area contributed by atoms with E-state index in [-0.39, 0.29) is 0 Å². The summed E-state index contributed by atoms with van der Waals surface area (Å²) in [5, 5.41) is 0. The zero-order valence-electron chi connectivity index (χ0n) is 7.19. The summed E-state index contributed by atoms with van der Waals surface area (Å²) in [6.45, 7) is 4.25. The third-order valence-electron chi connectivity index (χ3n) is 5.52. The van der Waals surface area contributed by atoms with Crippen LogP contribution in [0, 0.1) is 23.7 Å². The quantitative estimate of drug-likeness (QED) is 0.502. The Kier molecular flexibility index (Phi) is 0.644. The fourth-order valence-electron chi connectivity index (χ4n) is 5.43. The van der Waals surface area contributed by atoms with Crippen molar-refractivity contribution in [3.63, 3.8) is 0 Å². The molecule has 2 nitrogen and oxygen atoms in total. The molecule has 12 heavy (non-hydrogen) atoms. The monoisotopic (exact) mass is 162 g/mol. The first-order valence-electron chi connectivity index (χ1n) is 5.41. The highest BCUT2D eigenvalue weighted by atomic mass is 15.5. The molecule has 2 aliphatic carbocycles. The summed E-state index contributed by atoms with van der Waals surface area (Å²) < 4.78 is 0. The average Bonchev–Trinajstić information content (AvgIpc) is 2.57. The third-order valence-corrected chi connectivity index (χ3v) is 5.52. The molecule has 5 fully saturated rings. The van der Waals surface area contributed by atoms with E-state index >= 15 is 0 Å². The molecule has 3 aliphatic heterocycles. The van der Waals surface area contributed by atoms with Crippen molar-refractivity contribution in [1.29, 1.82) is 0 Å². The van der Waals surface area contributed by atoms with Crippen molar-refractivity contribution in [2.75, 3.05) is 19.8 Å². The molecular formula is C10H14N2. The Morgan fingerprint density at radius 1 is 0.750 bits per heavy atom. The van der Waals surface area contributed by atoms with E-state index in [0.29, 0.717) is 0 Å². The van der Waals surface area contributed by atoms with E-state index in [2.05, 4.69) is 9.80 Å². The van der Waals surface area contributed by atoms with E-state index in [0.717, 1.165) is 35.8 Å². The first-order chi connectivity index (χ1) is 5.93. The van der Waals surface area contributed by atoms with Crippen LogP contribution in [0.3, 0.4) is 0 Å². The van der Waals surface area contributed by atoms with Gasteiger partial charge in [0, 0.05) is 25.2 Å². The molecule has 2 heteroatoms. The van der Waals surface area contributed by atoms with Crippen LogP contribution in [-0.4, -0.2) is 41.6 Å². The van der Waals surface area contributed by atoms with Gasteiger partial charge < -0.3 is 0 Å². The second kappa shape index (κ2) is 1.38. The lowest BCUT2D eigenvalue weighted by atomic mass is 9.81. The fraction of sp³-hybridized carbons (Fsp3) is 1.00. The lowest BCUT2D eigenvalue weighted by Gasteiger charge is -2.23. The molecule has 0 aromatic heterocycles. The first kappa shape index (κ1) is 5.61. The minimum Gasteiger partial charge on any atom is -0.285 e. The van der Waals surface area contributed by atoms with Crippen LogP contribution >= 0.6 is 0 Å². The smallest absolute Gasteiger partial charge is 0.0513 e. The van der Waals surface area contributed by atoms with Crippen molar-refractivity contribution >= 4 is 0 Å². The highest BCUT2D eigenvalue weighted by Gasteiger charge is 2.71. The summed E-state index contributed by atoms with van der Waals surface area (Å²) in [4.78, 5) is 5.57. The summed E-state index contributed by atoms with van der Waals surface area (Å²) in [5.74, 6) is 4.53. The number of hydrogen-bond donors (Lipinski definition) is 0. The van der Waals surface area contributed by atoms with Gasteiger partial charge in [-0.05, 0) is 30.1 Å². The normalized spacial score (nSPS) is 71.0. The Morgan fingerprint density at radius 3 is 1.92 bits per heavy atom. The van der Waals surface area contributed by atoms with E-state index in [1.54, 1.807) is 6.42 Å². The summed E-state index contributed by atoms with van der Waals surface area (Å²) in [6, 6.07) is 2.05. The van der Waals surface area contributed by atoms with Crippen LogP contribution in [0.1, 0.15) is 6.42 Å². The molecule has 0 radical (unpaired) electrons. The first-order valence-corrected chi connectivity index (χ1v) is 5.41. The van der Waals surface area contributed by atoms with Gasteiger partial charge >= 0.3 is 0 Å². The molecule has 3 heterocycles. The fourth-order valence-corrected chi connectivity index (χ4v) is 5.43. The maximum atomic E-state index is 2.78. The number of rotatable bonds is 0. The van der Waals surface area contributed by atoms with Gasteiger partial charge in [-0.25, -0.2) is 0 Å². The predicted molar refractivity (Wildman–Crippen MR) is 44.4 cm³/mol. The van der Waals surface area contributed by atoms with Gasteiger partial charge in [0.05, 0.1) is 6.67 Å². The standard InChI is InChI=1S/C10H14N2/c1-5-7-2-11-4-12-3-8(7)6(1)10(12)9(5)11/h5-10H,1-4H2. The van der Waals surface area contributed by atoms with Gasteiger partial charge in [0.2, 0.25) is 0 Å². The summed E-state index contributed by atoms with van der Waals surface area (Å²) in [6.07, 6.45) is 1.59. The van der Waals surface area contributed by atoms with Crippen LogP contribution in [0.5, 0.6) is 0 Å². The molecule has 3 saturated heterocycles. The lowest BCUT2D eigenvalue weighted by molar-refractivity contribution is 0.259. The van der Waals surface area contributed by atoms with Crippen molar-refractivity contribution in [2.24, 2.45) is 23.7 Å². The molecule has 2 bridgehead atoms. The van der Waals surface area contributed by atoms with Crippen molar-refractivity contribution in [3.8, 4) is 0 Å². The minimum atomic E-state index is 1.03. The predicted octanol–water partition coefficient (Wildman–Crippen LogP) is 0.208. The topological polar surface area (TPSA) is 6.48 Å². The molecular weight excluding hydrogens is 148 g/mol. The van der Waals surface area contributed by atoms with Gasteiger partial charge in [-0.15, -0.1) is 0 Å². The van der Waals surface area contributed by atoms with E-state index in [1.165, 1.54) is 19.8 Å². The van der Waals surface area contributed by atoms with Gasteiger partial charge in [0.1, 0.15) is 0 Å². The summed E-state index contributed by atoms with van der Waals surface area (Å²) in [7, 11) is 0. The zero-order valence-corrected chi connectivity index (χ0v) is 7.19. The minimum absolute atomic E-state index is 1.03. The van der Waals surface area contributed by atoms with Gasteiger partial charge in [0.25, 0.3) is 0 Å². The van der Waals surface area contributed by atoms with Gasteiger partial charge in [0.15, 0.2) is 0 Å². The Labute approximate surface area is 72.5 Å². The summed E-state index contributed by atoms with van der Waals surface area (Å²) >= 11 is 0. The van der Waals surface area contributed by atoms with Crippen LogP contribution in [0.25, 0.3) is 0 Å². The summed E-state index contributed by atoms with van der Waals surface area (Å²) in [5.41, 5.74) is 0. The molecule has 64 valence electrons. The Morgan fingerprint density at radius 2 is 1.33 bits per heavy atom. The van der Waals surface area contributed by atoms with Gasteiger partial charge in [-0.1, -0.05) is 0 Å². The van der Waals surface area contributed by atoms with Crippen molar-refractivity contribution in [1.82, 2.24) is 9.80 Å². The number of fused-ring (bicyclic) bond motifs is 1. The largest absolute Gasteiger partial charge is 0.285 e. The molecule has 5 rings (SSSR count). The van der Waals surface area contributed by atoms with Crippen LogP contribution in [-0.2, 0) is 0 Å². The SMILES string of the molecule is C1C2C3CN4CN5CC3C1C5C24. The van der Waals surface area contributed by atoms with Gasteiger partial charge in [-0.2, -0.15) is 0 Å². The molecule has 0 aromatic carbocycles. The van der Waals surface area contributed by atoms with Crippen LogP contribution in [0.2, 0.25) is 0 Å².